The Kier molecular flexibility index (Phi) is 7.49. The predicted octanol–water partition coefficient (Wildman–Crippen LogP) is 6.93. The molecule has 0 N–H and O–H groups in total. The lowest BCUT2D eigenvalue weighted by atomic mass is 9.87. The molecule has 1 saturated heterocycles. The topological polar surface area (TPSA) is 29.5 Å². The van der Waals surface area contributed by atoms with Gasteiger partial charge in [0.1, 0.15) is 5.54 Å². The number of esters is 1. The number of likely N-dealkylation sites (N-methyl/N-ethyl adjacent to an activating group) is 1. The Balaban J connectivity index is 1.27. The van der Waals surface area contributed by atoms with Crippen LogP contribution in [0.15, 0.2) is 48.5 Å². The van der Waals surface area contributed by atoms with E-state index in [-0.39, 0.29) is 11.5 Å². The van der Waals surface area contributed by atoms with Crippen LogP contribution in [0.1, 0.15) is 87.4 Å². The lowest BCUT2D eigenvalue weighted by Gasteiger charge is -2.53. The highest BCUT2D eigenvalue weighted by atomic mass is 35.5. The van der Waals surface area contributed by atoms with Gasteiger partial charge in [-0.15, -0.1) is 0 Å². The number of fused-ring (bicyclic) bond motifs is 1. The van der Waals surface area contributed by atoms with Crippen LogP contribution in [0.25, 0.3) is 0 Å². The van der Waals surface area contributed by atoms with Crippen LogP contribution in [-0.2, 0) is 9.53 Å². The molecule has 2 aromatic carbocycles. The van der Waals surface area contributed by atoms with E-state index in [9.17, 15) is 4.79 Å². The monoisotopic (exact) mass is 509 g/mol. The van der Waals surface area contributed by atoms with Crippen molar-refractivity contribution in [2.24, 2.45) is 5.92 Å². The number of quaternary nitrogens is 1. The minimum atomic E-state index is -0.0348. The van der Waals surface area contributed by atoms with E-state index in [0.29, 0.717) is 31.0 Å². The second-order valence-electron chi connectivity index (χ2n) is 12.2. The summed E-state index contributed by atoms with van der Waals surface area (Å²) < 4.78 is 6.69. The molecule has 36 heavy (non-hydrogen) atoms. The Morgan fingerprint density at radius 3 is 2.56 bits per heavy atom. The Hall–Kier alpha value is -1.88. The molecule has 3 aliphatic rings. The molecule has 1 saturated carbocycles. The number of rotatable bonds is 6. The SMILES string of the molecule is CC1(C)CN([C@@H]2C[C@@H](c3ccccc3)c3ccc(Cl)cc32)CC[N@+]1(C)COC(=O)CC1CCCCC1. The van der Waals surface area contributed by atoms with E-state index in [1.807, 2.05) is 6.07 Å². The van der Waals surface area contributed by atoms with Gasteiger partial charge < -0.3 is 4.74 Å². The molecule has 0 radical (unpaired) electrons. The number of carbonyl (C=O) groups is 1. The highest BCUT2D eigenvalue weighted by molar-refractivity contribution is 6.30. The molecule has 0 unspecified atom stereocenters. The molecule has 3 atom stereocenters. The molecule has 1 aliphatic heterocycles. The summed E-state index contributed by atoms with van der Waals surface area (Å²) in [5.74, 6) is 0.910. The van der Waals surface area contributed by atoms with E-state index in [1.165, 1.54) is 48.8 Å². The smallest absolute Gasteiger partial charge is 0.310 e. The van der Waals surface area contributed by atoms with E-state index in [4.69, 9.17) is 16.3 Å². The highest BCUT2D eigenvalue weighted by Gasteiger charge is 2.49. The fourth-order valence-electron chi connectivity index (χ4n) is 6.78. The first kappa shape index (κ1) is 25.8. The van der Waals surface area contributed by atoms with Gasteiger partial charge in [-0.3, -0.25) is 14.2 Å². The van der Waals surface area contributed by atoms with Crippen molar-refractivity contribution in [2.75, 3.05) is 33.4 Å². The molecule has 2 aromatic rings. The van der Waals surface area contributed by atoms with Gasteiger partial charge in [0.25, 0.3) is 0 Å². The molecule has 1 heterocycles. The zero-order valence-electron chi connectivity index (χ0n) is 22.2. The number of hydrogen-bond acceptors (Lipinski definition) is 3. The average molecular weight is 510 g/mol. The first-order valence-corrected chi connectivity index (χ1v) is 14.2. The summed E-state index contributed by atoms with van der Waals surface area (Å²) in [6.45, 7) is 8.03. The highest BCUT2D eigenvalue weighted by Crippen LogP contribution is 2.48. The number of carbonyl (C=O) groups excluding carboxylic acids is 1. The number of hydrogen-bond donors (Lipinski definition) is 0. The molecule has 2 aliphatic carbocycles. The summed E-state index contributed by atoms with van der Waals surface area (Å²) in [4.78, 5) is 15.3. The van der Waals surface area contributed by atoms with Crippen LogP contribution in [-0.4, -0.2) is 54.3 Å². The molecule has 0 spiro atoms. The fourth-order valence-corrected chi connectivity index (χ4v) is 6.96. The maximum Gasteiger partial charge on any atom is 0.310 e. The van der Waals surface area contributed by atoms with Crippen LogP contribution < -0.4 is 0 Å². The quantitative estimate of drug-likeness (QED) is 0.312. The van der Waals surface area contributed by atoms with Gasteiger partial charge in [-0.2, -0.15) is 0 Å². The van der Waals surface area contributed by atoms with Crippen LogP contribution in [0.2, 0.25) is 5.02 Å². The minimum absolute atomic E-state index is 0.00968. The number of nitrogens with zero attached hydrogens (tertiary/aromatic N) is 2. The summed E-state index contributed by atoms with van der Waals surface area (Å²) in [6, 6.07) is 17.7. The van der Waals surface area contributed by atoms with Crippen molar-refractivity contribution < 1.29 is 14.0 Å². The standard InChI is InChI=1S/C31H42ClN2O2/c1-31(2)21-33(16-17-34(31,3)22-36-30(35)18-23-10-6-4-7-11-23)29-20-27(24-12-8-5-9-13-24)26-15-14-25(32)19-28(26)29/h5,8-9,12-15,19,23,27,29H,4,6-7,10-11,16-18,20-22H2,1-3H3/q+1/t27-,29+,34+/m0/s1. The van der Waals surface area contributed by atoms with E-state index < -0.39 is 0 Å². The summed E-state index contributed by atoms with van der Waals surface area (Å²) in [5.41, 5.74) is 4.13. The number of ether oxygens (including phenoxy) is 1. The fraction of sp³-hybridized carbons (Fsp3) is 0.581. The summed E-state index contributed by atoms with van der Waals surface area (Å²) in [6.07, 6.45) is 7.86. The second kappa shape index (κ2) is 10.5. The molecule has 5 rings (SSSR count). The van der Waals surface area contributed by atoms with Crippen LogP contribution in [0, 0.1) is 5.92 Å². The third-order valence-electron chi connectivity index (χ3n) is 9.51. The molecule has 2 fully saturated rings. The van der Waals surface area contributed by atoms with Gasteiger partial charge in [0.05, 0.1) is 20.1 Å². The van der Waals surface area contributed by atoms with Gasteiger partial charge in [-0.1, -0.05) is 67.3 Å². The molecule has 0 amide bonds. The average Bonchev–Trinajstić information content (AvgIpc) is 3.24. The third kappa shape index (κ3) is 5.23. The largest absolute Gasteiger partial charge is 0.415 e. The van der Waals surface area contributed by atoms with Crippen molar-refractivity contribution in [3.63, 3.8) is 0 Å². The Labute approximate surface area is 222 Å². The number of halogens is 1. The zero-order chi connectivity index (χ0) is 25.3. The molecule has 0 aromatic heterocycles. The van der Waals surface area contributed by atoms with Crippen molar-refractivity contribution >= 4 is 17.6 Å². The van der Waals surface area contributed by atoms with Gasteiger partial charge in [0, 0.05) is 29.9 Å². The third-order valence-corrected chi connectivity index (χ3v) is 9.74. The van der Waals surface area contributed by atoms with Crippen molar-refractivity contribution in [1.82, 2.24) is 4.90 Å². The van der Waals surface area contributed by atoms with Crippen LogP contribution in [0.4, 0.5) is 0 Å². The van der Waals surface area contributed by atoms with Crippen LogP contribution in [0.3, 0.4) is 0 Å². The van der Waals surface area contributed by atoms with Gasteiger partial charge >= 0.3 is 5.97 Å². The molecule has 194 valence electrons. The maximum absolute atomic E-state index is 12.7. The molecule has 0 bridgehead atoms. The first-order chi connectivity index (χ1) is 17.3. The molecular formula is C31H42ClN2O2+. The molecule has 4 nitrogen and oxygen atoms in total. The van der Waals surface area contributed by atoms with Crippen molar-refractivity contribution in [2.45, 2.75) is 76.3 Å². The van der Waals surface area contributed by atoms with Crippen LogP contribution >= 0.6 is 11.6 Å². The lowest BCUT2D eigenvalue weighted by molar-refractivity contribution is -0.974. The van der Waals surface area contributed by atoms with Gasteiger partial charge in [-0.25, -0.2) is 0 Å². The predicted molar refractivity (Wildman–Crippen MR) is 146 cm³/mol. The maximum atomic E-state index is 12.7. The van der Waals surface area contributed by atoms with Crippen molar-refractivity contribution in [3.8, 4) is 0 Å². The van der Waals surface area contributed by atoms with E-state index in [2.05, 4.69) is 68.3 Å². The van der Waals surface area contributed by atoms with Crippen LogP contribution in [0.5, 0.6) is 0 Å². The lowest BCUT2D eigenvalue weighted by Crippen LogP contribution is -2.70. The second-order valence-corrected chi connectivity index (χ2v) is 12.7. The zero-order valence-corrected chi connectivity index (χ0v) is 23.0. The van der Waals surface area contributed by atoms with E-state index in [1.54, 1.807) is 0 Å². The minimum Gasteiger partial charge on any atom is -0.415 e. The normalized spacial score (nSPS) is 28.6. The summed E-state index contributed by atoms with van der Waals surface area (Å²) in [5, 5.41) is 0.814. The molecule has 5 heteroatoms. The summed E-state index contributed by atoms with van der Waals surface area (Å²) in [7, 11) is 2.26. The number of piperazine rings is 1. The molecular weight excluding hydrogens is 468 g/mol. The van der Waals surface area contributed by atoms with Crippen molar-refractivity contribution in [3.05, 3.63) is 70.2 Å². The first-order valence-electron chi connectivity index (χ1n) is 13.8. The van der Waals surface area contributed by atoms with Gasteiger partial charge in [-0.05, 0) is 67.9 Å². The van der Waals surface area contributed by atoms with Gasteiger partial charge in [0.15, 0.2) is 0 Å². The number of benzene rings is 2. The Morgan fingerprint density at radius 1 is 1.08 bits per heavy atom. The van der Waals surface area contributed by atoms with Gasteiger partial charge in [0.2, 0.25) is 6.73 Å². The Morgan fingerprint density at radius 2 is 1.83 bits per heavy atom. The van der Waals surface area contributed by atoms with E-state index >= 15 is 0 Å². The van der Waals surface area contributed by atoms with E-state index in [0.717, 1.165) is 35.6 Å². The Bertz CT molecular complexity index is 1070. The summed E-state index contributed by atoms with van der Waals surface area (Å²) >= 11 is 6.49. The van der Waals surface area contributed by atoms with Crippen molar-refractivity contribution in [1.29, 1.82) is 0 Å².